The van der Waals surface area contributed by atoms with Crippen LogP contribution in [0.3, 0.4) is 0 Å². The Labute approximate surface area is 167 Å². The zero-order chi connectivity index (χ0) is 19.5. The Morgan fingerprint density at radius 1 is 0.643 bits per heavy atom. The molecule has 0 saturated carbocycles. The maximum Gasteiger partial charge on any atom is 0.119 e. The number of fused-ring (bicyclic) bond motifs is 1. The van der Waals surface area contributed by atoms with Crippen LogP contribution in [-0.2, 0) is 0 Å². The predicted molar refractivity (Wildman–Crippen MR) is 120 cm³/mol. The fraction of sp³-hybridized carbons (Fsp3) is 0.154. The minimum absolute atomic E-state index is 0.347. The Hall–Kier alpha value is -3.26. The fourth-order valence-corrected chi connectivity index (χ4v) is 3.67. The standard InChI is InChI=1S/C26H25NO/c1-19(2)27(25-14-16-26(28-3)17-15-25)24-12-10-21(11-13-24)23-9-8-20-6-4-5-7-22(20)18-23/h4-19H,1-3H3. The first-order valence-corrected chi connectivity index (χ1v) is 9.68. The van der Waals surface area contributed by atoms with Crippen LogP contribution in [0.4, 0.5) is 11.4 Å². The Kier molecular flexibility index (Phi) is 5.03. The molecule has 0 heterocycles. The van der Waals surface area contributed by atoms with Gasteiger partial charge < -0.3 is 9.64 Å². The average Bonchev–Trinajstić information content (AvgIpc) is 2.74. The lowest BCUT2D eigenvalue weighted by Gasteiger charge is -2.29. The van der Waals surface area contributed by atoms with Gasteiger partial charge in [-0.25, -0.2) is 0 Å². The Morgan fingerprint density at radius 2 is 1.21 bits per heavy atom. The highest BCUT2D eigenvalue weighted by molar-refractivity contribution is 5.87. The Bertz CT molecular complexity index is 1070. The van der Waals surface area contributed by atoms with Gasteiger partial charge in [-0.2, -0.15) is 0 Å². The van der Waals surface area contributed by atoms with E-state index < -0.39 is 0 Å². The molecule has 2 heteroatoms. The molecule has 0 spiro atoms. The molecule has 0 aliphatic rings. The third kappa shape index (κ3) is 3.59. The van der Waals surface area contributed by atoms with Crippen LogP contribution in [0.5, 0.6) is 5.75 Å². The van der Waals surface area contributed by atoms with E-state index in [0.717, 1.165) is 11.4 Å². The zero-order valence-corrected chi connectivity index (χ0v) is 16.6. The van der Waals surface area contributed by atoms with E-state index in [-0.39, 0.29) is 0 Å². The van der Waals surface area contributed by atoms with Gasteiger partial charge in [-0.15, -0.1) is 0 Å². The summed E-state index contributed by atoms with van der Waals surface area (Å²) in [5.41, 5.74) is 4.82. The van der Waals surface area contributed by atoms with Crippen molar-refractivity contribution in [2.75, 3.05) is 12.0 Å². The molecule has 0 aliphatic carbocycles. The smallest absolute Gasteiger partial charge is 0.119 e. The van der Waals surface area contributed by atoms with Gasteiger partial charge in [-0.3, -0.25) is 0 Å². The molecule has 0 aromatic heterocycles. The quantitative estimate of drug-likeness (QED) is 0.374. The van der Waals surface area contributed by atoms with Crippen LogP contribution in [0.15, 0.2) is 91.0 Å². The van der Waals surface area contributed by atoms with Gasteiger partial charge in [0.2, 0.25) is 0 Å². The van der Waals surface area contributed by atoms with E-state index in [0.29, 0.717) is 6.04 Å². The molecule has 0 N–H and O–H groups in total. The molecule has 4 rings (SSSR count). The van der Waals surface area contributed by atoms with Crippen molar-refractivity contribution < 1.29 is 4.74 Å². The maximum absolute atomic E-state index is 5.29. The van der Waals surface area contributed by atoms with Gasteiger partial charge in [0.15, 0.2) is 0 Å². The largest absolute Gasteiger partial charge is 0.497 e. The number of methoxy groups -OCH3 is 1. The van der Waals surface area contributed by atoms with Gasteiger partial charge in [0.25, 0.3) is 0 Å². The van der Waals surface area contributed by atoms with Crippen molar-refractivity contribution in [3.05, 3.63) is 91.0 Å². The molecule has 0 fully saturated rings. The summed E-state index contributed by atoms with van der Waals surface area (Å²) in [4.78, 5) is 2.34. The topological polar surface area (TPSA) is 12.5 Å². The van der Waals surface area contributed by atoms with Crippen LogP contribution in [-0.4, -0.2) is 13.2 Å². The first kappa shape index (κ1) is 18.1. The van der Waals surface area contributed by atoms with E-state index in [1.54, 1.807) is 7.11 Å². The first-order valence-electron chi connectivity index (χ1n) is 9.68. The minimum Gasteiger partial charge on any atom is -0.497 e. The van der Waals surface area contributed by atoms with Crippen molar-refractivity contribution >= 4 is 22.1 Å². The lowest BCUT2D eigenvalue weighted by Crippen LogP contribution is -2.25. The molecule has 0 atom stereocenters. The Balaban J connectivity index is 1.66. The van der Waals surface area contributed by atoms with Crippen molar-refractivity contribution in [1.29, 1.82) is 0 Å². The third-order valence-electron chi connectivity index (χ3n) is 5.10. The predicted octanol–water partition coefficient (Wildman–Crippen LogP) is 7.06. The van der Waals surface area contributed by atoms with Crippen LogP contribution in [0.1, 0.15) is 13.8 Å². The van der Waals surface area contributed by atoms with Crippen molar-refractivity contribution in [3.63, 3.8) is 0 Å². The lowest BCUT2D eigenvalue weighted by atomic mass is 10.0. The minimum atomic E-state index is 0.347. The van der Waals surface area contributed by atoms with Gasteiger partial charge >= 0.3 is 0 Å². The summed E-state index contributed by atoms with van der Waals surface area (Å²) in [5.74, 6) is 0.874. The molecule has 0 saturated heterocycles. The van der Waals surface area contributed by atoms with Crippen LogP contribution in [0, 0.1) is 0 Å². The average molecular weight is 367 g/mol. The molecule has 0 unspecified atom stereocenters. The second kappa shape index (κ2) is 7.77. The summed E-state index contributed by atoms with van der Waals surface area (Å²) in [6.07, 6.45) is 0. The van der Waals surface area contributed by atoms with Gasteiger partial charge in [0.05, 0.1) is 7.11 Å². The van der Waals surface area contributed by atoms with Crippen molar-refractivity contribution in [1.82, 2.24) is 0 Å². The number of anilines is 2. The molecule has 28 heavy (non-hydrogen) atoms. The molecule has 4 aromatic carbocycles. The number of ether oxygens (including phenoxy) is 1. The maximum atomic E-state index is 5.29. The van der Waals surface area contributed by atoms with Crippen molar-refractivity contribution in [2.24, 2.45) is 0 Å². The molecular formula is C26H25NO. The fourth-order valence-electron chi connectivity index (χ4n) is 3.67. The van der Waals surface area contributed by atoms with Crippen molar-refractivity contribution in [2.45, 2.75) is 19.9 Å². The van der Waals surface area contributed by atoms with Gasteiger partial charge in [-0.1, -0.05) is 48.5 Å². The molecule has 0 amide bonds. The summed E-state index contributed by atoms with van der Waals surface area (Å²) in [5, 5.41) is 2.54. The van der Waals surface area contributed by atoms with Gasteiger partial charge in [0.1, 0.15) is 5.75 Å². The monoisotopic (exact) mass is 367 g/mol. The summed E-state index contributed by atoms with van der Waals surface area (Å²) >= 11 is 0. The number of hydrogen-bond donors (Lipinski definition) is 0. The highest BCUT2D eigenvalue weighted by Gasteiger charge is 2.13. The molecule has 0 bridgehead atoms. The summed E-state index contributed by atoms with van der Waals surface area (Å²) in [6.45, 7) is 4.42. The summed E-state index contributed by atoms with van der Waals surface area (Å²) in [6, 6.07) is 32.5. The highest BCUT2D eigenvalue weighted by atomic mass is 16.5. The Morgan fingerprint density at radius 3 is 1.82 bits per heavy atom. The van der Waals surface area contributed by atoms with Crippen LogP contribution in [0.2, 0.25) is 0 Å². The first-order chi connectivity index (χ1) is 13.7. The number of nitrogens with zero attached hydrogens (tertiary/aromatic N) is 1. The van der Waals surface area contributed by atoms with E-state index in [4.69, 9.17) is 4.74 Å². The van der Waals surface area contributed by atoms with E-state index >= 15 is 0 Å². The molecule has 4 aromatic rings. The van der Waals surface area contributed by atoms with Crippen LogP contribution >= 0.6 is 0 Å². The third-order valence-corrected chi connectivity index (χ3v) is 5.10. The number of benzene rings is 4. The van der Waals surface area contributed by atoms with Crippen LogP contribution < -0.4 is 9.64 Å². The summed E-state index contributed by atoms with van der Waals surface area (Å²) < 4.78 is 5.29. The zero-order valence-electron chi connectivity index (χ0n) is 16.6. The van der Waals surface area contributed by atoms with E-state index in [1.165, 1.54) is 27.6 Å². The summed E-state index contributed by atoms with van der Waals surface area (Å²) in [7, 11) is 1.70. The number of hydrogen-bond acceptors (Lipinski definition) is 2. The second-order valence-electron chi connectivity index (χ2n) is 7.27. The molecule has 0 aliphatic heterocycles. The lowest BCUT2D eigenvalue weighted by molar-refractivity contribution is 0.415. The van der Waals surface area contributed by atoms with Crippen LogP contribution in [0.25, 0.3) is 21.9 Å². The normalized spacial score (nSPS) is 11.0. The van der Waals surface area contributed by atoms with Crippen molar-refractivity contribution in [3.8, 4) is 16.9 Å². The number of rotatable bonds is 5. The highest BCUT2D eigenvalue weighted by Crippen LogP contribution is 2.32. The SMILES string of the molecule is COc1ccc(N(c2ccc(-c3ccc4ccccc4c3)cc2)C(C)C)cc1. The molecule has 0 radical (unpaired) electrons. The van der Waals surface area contributed by atoms with Gasteiger partial charge in [0, 0.05) is 17.4 Å². The molecular weight excluding hydrogens is 342 g/mol. The molecule has 140 valence electrons. The van der Waals surface area contributed by atoms with E-state index in [1.807, 2.05) is 12.1 Å². The van der Waals surface area contributed by atoms with Gasteiger partial charge in [-0.05, 0) is 78.2 Å². The molecule has 2 nitrogen and oxygen atoms in total. The van der Waals surface area contributed by atoms with E-state index in [2.05, 4.69) is 97.6 Å². The van der Waals surface area contributed by atoms with E-state index in [9.17, 15) is 0 Å². The second-order valence-corrected chi connectivity index (χ2v) is 7.27.